The highest BCUT2D eigenvalue weighted by molar-refractivity contribution is 6.30. The van der Waals surface area contributed by atoms with Crippen LogP contribution < -0.4 is 0 Å². The second-order valence-electron chi connectivity index (χ2n) is 7.49. The molecule has 1 aromatic carbocycles. The van der Waals surface area contributed by atoms with Crippen molar-refractivity contribution in [2.24, 2.45) is 5.41 Å². The quantitative estimate of drug-likeness (QED) is 0.921. The fourth-order valence-electron chi connectivity index (χ4n) is 3.37. The number of hydrogen-bond acceptors (Lipinski definition) is 3. The van der Waals surface area contributed by atoms with Crippen LogP contribution >= 0.6 is 11.6 Å². The molecule has 0 spiro atoms. The molecule has 0 aromatic heterocycles. The molecule has 0 aliphatic carbocycles. The molecule has 128 valence electrons. The lowest BCUT2D eigenvalue weighted by Gasteiger charge is -2.34. The van der Waals surface area contributed by atoms with Gasteiger partial charge in [-0.05, 0) is 50.0 Å². The largest absolute Gasteiger partial charge is 0.393 e. The third kappa shape index (κ3) is 4.69. The molecule has 23 heavy (non-hydrogen) atoms. The molecule has 1 saturated heterocycles. The molecule has 0 radical (unpaired) electrons. The van der Waals surface area contributed by atoms with Crippen LogP contribution in [0.5, 0.6) is 0 Å². The van der Waals surface area contributed by atoms with Gasteiger partial charge in [0.15, 0.2) is 0 Å². The number of likely N-dealkylation sites (tertiary alicyclic amines) is 1. The summed E-state index contributed by atoms with van der Waals surface area (Å²) in [5, 5.41) is 10.7. The van der Waals surface area contributed by atoms with Crippen molar-refractivity contribution in [1.82, 2.24) is 9.80 Å². The number of halogens is 1. The van der Waals surface area contributed by atoms with E-state index in [2.05, 4.69) is 13.8 Å². The Morgan fingerprint density at radius 3 is 2.52 bits per heavy atom. The lowest BCUT2D eigenvalue weighted by Crippen LogP contribution is -2.44. The van der Waals surface area contributed by atoms with E-state index in [1.165, 1.54) is 0 Å². The molecule has 2 atom stereocenters. The second kappa shape index (κ2) is 7.20. The van der Waals surface area contributed by atoms with Crippen molar-refractivity contribution in [3.63, 3.8) is 0 Å². The number of aliphatic hydroxyl groups excluding tert-OH is 1. The third-order valence-corrected chi connectivity index (χ3v) is 4.64. The van der Waals surface area contributed by atoms with E-state index in [4.69, 9.17) is 11.6 Å². The normalized spacial score (nSPS) is 22.7. The monoisotopic (exact) mass is 338 g/mol. The molecule has 2 unspecified atom stereocenters. The van der Waals surface area contributed by atoms with E-state index in [1.54, 1.807) is 0 Å². The zero-order valence-electron chi connectivity index (χ0n) is 14.4. The Hall–Kier alpha value is -1.10. The lowest BCUT2D eigenvalue weighted by molar-refractivity contribution is -0.137. The summed E-state index contributed by atoms with van der Waals surface area (Å²) < 4.78 is 0. The first-order valence-corrected chi connectivity index (χ1v) is 8.46. The van der Waals surface area contributed by atoms with Crippen molar-refractivity contribution < 1.29 is 9.90 Å². The predicted octanol–water partition coefficient (Wildman–Crippen LogP) is 2.95. The summed E-state index contributed by atoms with van der Waals surface area (Å²) in [6.45, 7) is 5.48. The Balaban J connectivity index is 2.25. The summed E-state index contributed by atoms with van der Waals surface area (Å²) in [5.74, 6) is 0.0829. The molecule has 1 fully saturated rings. The topological polar surface area (TPSA) is 43.8 Å². The van der Waals surface area contributed by atoms with Gasteiger partial charge in [0.2, 0.25) is 5.91 Å². The molecule has 1 aliphatic rings. The van der Waals surface area contributed by atoms with Crippen LogP contribution in [0.25, 0.3) is 0 Å². The van der Waals surface area contributed by atoms with Crippen molar-refractivity contribution in [3.8, 4) is 0 Å². The number of carbonyl (C=O) groups excluding carboxylic acids is 1. The molecule has 0 bridgehead atoms. The van der Waals surface area contributed by atoms with Crippen LogP contribution in [0.1, 0.15) is 38.3 Å². The molecule has 1 amide bonds. The first-order valence-electron chi connectivity index (χ1n) is 8.08. The average Bonchev–Trinajstić information content (AvgIpc) is 2.58. The Bertz CT molecular complexity index is 542. The van der Waals surface area contributed by atoms with Crippen LogP contribution in [0.2, 0.25) is 5.02 Å². The first kappa shape index (κ1) is 18.2. The minimum atomic E-state index is -0.337. The molecule has 0 saturated carbocycles. The van der Waals surface area contributed by atoms with Gasteiger partial charge in [-0.2, -0.15) is 0 Å². The highest BCUT2D eigenvalue weighted by Crippen LogP contribution is 2.31. The number of benzene rings is 1. The fraction of sp³-hybridized carbons (Fsp3) is 0.611. The molecule has 5 heteroatoms. The molecule has 1 heterocycles. The Morgan fingerprint density at radius 2 is 1.96 bits per heavy atom. The zero-order chi connectivity index (χ0) is 17.2. The van der Waals surface area contributed by atoms with E-state index in [1.807, 2.05) is 48.2 Å². The van der Waals surface area contributed by atoms with Gasteiger partial charge >= 0.3 is 0 Å². The van der Waals surface area contributed by atoms with Crippen molar-refractivity contribution >= 4 is 17.5 Å². The van der Waals surface area contributed by atoms with Gasteiger partial charge < -0.3 is 10.0 Å². The number of nitrogens with zero attached hydrogens (tertiary/aromatic N) is 2. The van der Waals surface area contributed by atoms with E-state index >= 15 is 0 Å². The van der Waals surface area contributed by atoms with Crippen molar-refractivity contribution in [3.05, 3.63) is 34.9 Å². The SMILES string of the molecule is CN(C)C(C(=O)N1CCC(O)CC(C)(C)C1)c1ccc(Cl)cc1. The van der Waals surface area contributed by atoms with Gasteiger partial charge in [-0.3, -0.25) is 9.69 Å². The number of rotatable bonds is 3. The van der Waals surface area contributed by atoms with Crippen LogP contribution in [0.15, 0.2) is 24.3 Å². The maximum absolute atomic E-state index is 13.1. The molecular weight excluding hydrogens is 312 g/mol. The van der Waals surface area contributed by atoms with Gasteiger partial charge in [0.25, 0.3) is 0 Å². The van der Waals surface area contributed by atoms with Crippen LogP contribution in [-0.2, 0) is 4.79 Å². The van der Waals surface area contributed by atoms with E-state index in [0.29, 0.717) is 24.5 Å². The lowest BCUT2D eigenvalue weighted by atomic mass is 9.87. The molecule has 1 N–H and O–H groups in total. The summed E-state index contributed by atoms with van der Waals surface area (Å²) in [6.07, 6.45) is 1.02. The zero-order valence-corrected chi connectivity index (χ0v) is 15.2. The minimum Gasteiger partial charge on any atom is -0.393 e. The summed E-state index contributed by atoms with van der Waals surface area (Å²) in [7, 11) is 3.82. The van der Waals surface area contributed by atoms with E-state index in [0.717, 1.165) is 12.0 Å². The Labute approximate surface area is 144 Å². The highest BCUT2D eigenvalue weighted by atomic mass is 35.5. The fourth-order valence-corrected chi connectivity index (χ4v) is 3.50. The molecule has 4 nitrogen and oxygen atoms in total. The van der Waals surface area contributed by atoms with Crippen LogP contribution in [0, 0.1) is 5.41 Å². The van der Waals surface area contributed by atoms with E-state index in [9.17, 15) is 9.90 Å². The number of likely N-dealkylation sites (N-methyl/N-ethyl adjacent to an activating group) is 1. The first-order chi connectivity index (χ1) is 10.7. The Morgan fingerprint density at radius 1 is 1.35 bits per heavy atom. The summed E-state index contributed by atoms with van der Waals surface area (Å²) in [5.41, 5.74) is 0.856. The molecule has 1 aromatic rings. The number of aliphatic hydroxyl groups is 1. The molecule has 2 rings (SSSR count). The minimum absolute atomic E-state index is 0.0809. The van der Waals surface area contributed by atoms with Crippen molar-refractivity contribution in [1.29, 1.82) is 0 Å². The highest BCUT2D eigenvalue weighted by Gasteiger charge is 2.35. The summed E-state index contributed by atoms with van der Waals surface area (Å²) >= 11 is 5.96. The van der Waals surface area contributed by atoms with Gasteiger partial charge in [0.05, 0.1) is 6.10 Å². The molecular formula is C18H27ClN2O2. The number of amides is 1. The van der Waals surface area contributed by atoms with Crippen molar-refractivity contribution in [2.45, 2.75) is 38.8 Å². The van der Waals surface area contributed by atoms with Gasteiger partial charge in [-0.25, -0.2) is 0 Å². The van der Waals surface area contributed by atoms with Gasteiger partial charge in [-0.15, -0.1) is 0 Å². The molecule has 1 aliphatic heterocycles. The second-order valence-corrected chi connectivity index (χ2v) is 7.92. The maximum atomic E-state index is 13.1. The Kier molecular flexibility index (Phi) is 5.71. The number of hydrogen-bond donors (Lipinski definition) is 1. The standard InChI is InChI=1S/C18H27ClN2O2/c1-18(2)11-15(22)9-10-21(12-18)17(23)16(20(3)4)13-5-7-14(19)8-6-13/h5-8,15-16,22H,9-12H2,1-4H3. The number of carbonyl (C=O) groups is 1. The predicted molar refractivity (Wildman–Crippen MR) is 93.5 cm³/mol. The van der Waals surface area contributed by atoms with Crippen LogP contribution in [0.4, 0.5) is 0 Å². The van der Waals surface area contributed by atoms with Crippen molar-refractivity contribution in [2.75, 3.05) is 27.2 Å². The van der Waals surface area contributed by atoms with E-state index in [-0.39, 0.29) is 23.5 Å². The summed E-state index contributed by atoms with van der Waals surface area (Å²) in [4.78, 5) is 17.0. The van der Waals surface area contributed by atoms with Crippen LogP contribution in [-0.4, -0.2) is 54.1 Å². The van der Waals surface area contributed by atoms with E-state index < -0.39 is 0 Å². The maximum Gasteiger partial charge on any atom is 0.244 e. The van der Waals surface area contributed by atoms with Gasteiger partial charge in [0.1, 0.15) is 6.04 Å². The third-order valence-electron chi connectivity index (χ3n) is 4.39. The van der Waals surface area contributed by atoms with Gasteiger partial charge in [-0.1, -0.05) is 37.6 Å². The van der Waals surface area contributed by atoms with Gasteiger partial charge in [0, 0.05) is 18.1 Å². The van der Waals surface area contributed by atoms with Crippen LogP contribution in [0.3, 0.4) is 0 Å². The summed E-state index contributed by atoms with van der Waals surface area (Å²) in [6, 6.07) is 7.11. The smallest absolute Gasteiger partial charge is 0.244 e. The average molecular weight is 339 g/mol.